The Bertz CT molecular complexity index is 827. The fraction of sp³-hybridized carbons (Fsp3) is 0.455. The van der Waals surface area contributed by atoms with E-state index in [1.807, 2.05) is 36.4 Å². The number of amides is 2. The Labute approximate surface area is 165 Å². The number of carbonyl (C=O) groups is 2. The summed E-state index contributed by atoms with van der Waals surface area (Å²) in [5.74, 6) is 0.858. The molecule has 0 unspecified atom stereocenters. The summed E-state index contributed by atoms with van der Waals surface area (Å²) in [6.45, 7) is 5.33. The van der Waals surface area contributed by atoms with E-state index in [1.54, 1.807) is 15.9 Å². The second kappa shape index (κ2) is 8.19. The number of benzene rings is 1. The first kappa shape index (κ1) is 18.7. The number of carbonyl (C=O) groups excluding carboxylic acids is 2. The van der Waals surface area contributed by atoms with Crippen molar-refractivity contribution in [3.05, 3.63) is 54.0 Å². The van der Waals surface area contributed by atoms with Crippen molar-refractivity contribution < 1.29 is 14.0 Å². The normalized spacial score (nSPS) is 19.7. The van der Waals surface area contributed by atoms with Gasteiger partial charge >= 0.3 is 0 Å². The van der Waals surface area contributed by atoms with Gasteiger partial charge in [-0.2, -0.15) is 0 Å². The smallest absolute Gasteiger partial charge is 0.290 e. The van der Waals surface area contributed by atoms with E-state index >= 15 is 0 Å². The van der Waals surface area contributed by atoms with E-state index in [0.29, 0.717) is 18.8 Å². The molecule has 1 atom stereocenters. The molecule has 28 heavy (non-hydrogen) atoms. The van der Waals surface area contributed by atoms with Crippen molar-refractivity contribution in [2.75, 3.05) is 37.6 Å². The number of rotatable bonds is 4. The largest absolute Gasteiger partial charge is 0.454 e. The summed E-state index contributed by atoms with van der Waals surface area (Å²) in [7, 11) is 0. The Morgan fingerprint density at radius 1 is 0.964 bits per heavy atom. The molecule has 2 fully saturated rings. The third-order valence-electron chi connectivity index (χ3n) is 5.76. The molecule has 2 aliphatic heterocycles. The number of hydrogen-bond donors (Lipinski definition) is 0. The van der Waals surface area contributed by atoms with Crippen LogP contribution in [0.15, 0.2) is 46.9 Å². The average molecular weight is 381 g/mol. The van der Waals surface area contributed by atoms with Crippen LogP contribution in [0.3, 0.4) is 0 Å². The van der Waals surface area contributed by atoms with E-state index in [-0.39, 0.29) is 24.4 Å². The molecular weight excluding hydrogens is 354 g/mol. The zero-order valence-corrected chi connectivity index (χ0v) is 16.3. The molecule has 1 aromatic carbocycles. The van der Waals surface area contributed by atoms with Gasteiger partial charge in [-0.1, -0.05) is 24.6 Å². The van der Waals surface area contributed by atoms with Crippen LogP contribution in [0.2, 0.25) is 0 Å². The van der Waals surface area contributed by atoms with Crippen LogP contribution < -0.4 is 4.90 Å². The van der Waals surface area contributed by atoms with Crippen LogP contribution in [0, 0.1) is 0 Å². The number of anilines is 1. The van der Waals surface area contributed by atoms with Gasteiger partial charge in [0.1, 0.15) is 12.3 Å². The van der Waals surface area contributed by atoms with Gasteiger partial charge < -0.3 is 14.2 Å². The highest BCUT2D eigenvalue weighted by Crippen LogP contribution is 2.26. The van der Waals surface area contributed by atoms with Gasteiger partial charge in [0.15, 0.2) is 5.76 Å². The fourth-order valence-electron chi connectivity index (χ4n) is 4.06. The highest BCUT2D eigenvalue weighted by Gasteiger charge is 2.30. The molecule has 0 radical (unpaired) electrons. The second-order valence-electron chi connectivity index (χ2n) is 7.58. The molecule has 0 aliphatic carbocycles. The van der Waals surface area contributed by atoms with Gasteiger partial charge in [0.2, 0.25) is 5.91 Å². The first-order valence-corrected chi connectivity index (χ1v) is 10.1. The SMILES string of the molecule is C[C@@H](c1ccc(C(=O)N2CCN(c3ccccc3)C(=O)C2)o1)N1CCCCC1. The molecule has 2 aromatic rings. The van der Waals surface area contributed by atoms with Crippen LogP contribution in [0.5, 0.6) is 0 Å². The summed E-state index contributed by atoms with van der Waals surface area (Å²) in [6, 6.07) is 13.4. The van der Waals surface area contributed by atoms with Crippen molar-refractivity contribution in [2.45, 2.75) is 32.2 Å². The molecule has 2 aliphatic rings. The van der Waals surface area contributed by atoms with E-state index < -0.39 is 0 Å². The zero-order chi connectivity index (χ0) is 19.5. The summed E-state index contributed by atoms with van der Waals surface area (Å²) >= 11 is 0. The molecule has 0 spiro atoms. The molecule has 0 saturated carbocycles. The quantitative estimate of drug-likeness (QED) is 0.815. The lowest BCUT2D eigenvalue weighted by atomic mass is 10.1. The van der Waals surface area contributed by atoms with Gasteiger partial charge in [-0.15, -0.1) is 0 Å². The van der Waals surface area contributed by atoms with Crippen LogP contribution in [0.25, 0.3) is 0 Å². The van der Waals surface area contributed by atoms with Crippen LogP contribution in [-0.4, -0.2) is 54.3 Å². The third-order valence-corrected chi connectivity index (χ3v) is 5.76. The zero-order valence-electron chi connectivity index (χ0n) is 16.3. The lowest BCUT2D eigenvalue weighted by Gasteiger charge is -2.34. The lowest BCUT2D eigenvalue weighted by molar-refractivity contribution is -0.120. The molecule has 4 rings (SSSR count). The van der Waals surface area contributed by atoms with Crippen LogP contribution in [0.1, 0.15) is 48.5 Å². The Hall–Kier alpha value is -2.60. The highest BCUT2D eigenvalue weighted by molar-refractivity contribution is 6.00. The standard InChI is InChI=1S/C22H27N3O3/c1-17(23-12-6-3-7-13-23)19-10-11-20(28-19)22(27)24-14-15-25(21(26)16-24)18-8-4-2-5-9-18/h2,4-5,8-11,17H,3,6-7,12-16H2,1H3/t17-/m0/s1. The van der Waals surface area contributed by atoms with Crippen molar-refractivity contribution in [1.82, 2.24) is 9.80 Å². The molecule has 1 aromatic heterocycles. The van der Waals surface area contributed by atoms with E-state index in [2.05, 4.69) is 11.8 Å². The number of likely N-dealkylation sites (tertiary alicyclic amines) is 1. The van der Waals surface area contributed by atoms with E-state index in [9.17, 15) is 9.59 Å². The molecule has 6 heteroatoms. The Kier molecular flexibility index (Phi) is 5.48. The topological polar surface area (TPSA) is 57.0 Å². The number of hydrogen-bond acceptors (Lipinski definition) is 4. The number of piperidine rings is 1. The monoisotopic (exact) mass is 381 g/mol. The Balaban J connectivity index is 1.40. The molecule has 3 heterocycles. The van der Waals surface area contributed by atoms with E-state index in [1.165, 1.54) is 19.3 Å². The number of para-hydroxylation sites is 1. The summed E-state index contributed by atoms with van der Waals surface area (Å²) < 4.78 is 5.90. The van der Waals surface area contributed by atoms with Crippen molar-refractivity contribution in [2.24, 2.45) is 0 Å². The summed E-state index contributed by atoms with van der Waals surface area (Å²) in [4.78, 5) is 31.1. The van der Waals surface area contributed by atoms with Crippen molar-refractivity contribution >= 4 is 17.5 Å². The minimum atomic E-state index is -0.210. The number of piperazine rings is 1. The molecule has 2 saturated heterocycles. The average Bonchev–Trinajstić information content (AvgIpc) is 3.24. The van der Waals surface area contributed by atoms with Crippen molar-refractivity contribution in [3.8, 4) is 0 Å². The lowest BCUT2D eigenvalue weighted by Crippen LogP contribution is -2.52. The van der Waals surface area contributed by atoms with Crippen LogP contribution in [-0.2, 0) is 4.79 Å². The Morgan fingerprint density at radius 3 is 2.43 bits per heavy atom. The van der Waals surface area contributed by atoms with Crippen LogP contribution >= 0.6 is 0 Å². The van der Waals surface area contributed by atoms with Gasteiger partial charge in [0.05, 0.1) is 6.04 Å². The maximum atomic E-state index is 12.8. The summed E-state index contributed by atoms with van der Waals surface area (Å²) in [5, 5.41) is 0. The summed E-state index contributed by atoms with van der Waals surface area (Å²) in [5.41, 5.74) is 0.871. The van der Waals surface area contributed by atoms with E-state index in [0.717, 1.165) is 24.5 Å². The predicted octanol–water partition coefficient (Wildman–Crippen LogP) is 3.32. The Morgan fingerprint density at radius 2 is 1.71 bits per heavy atom. The van der Waals surface area contributed by atoms with Crippen molar-refractivity contribution in [1.29, 1.82) is 0 Å². The van der Waals surface area contributed by atoms with Crippen molar-refractivity contribution in [3.63, 3.8) is 0 Å². The first-order chi connectivity index (χ1) is 13.6. The predicted molar refractivity (Wildman–Crippen MR) is 107 cm³/mol. The second-order valence-corrected chi connectivity index (χ2v) is 7.58. The van der Waals surface area contributed by atoms with E-state index in [4.69, 9.17) is 4.42 Å². The molecule has 0 N–H and O–H groups in total. The molecule has 0 bridgehead atoms. The van der Waals surface area contributed by atoms with Gasteiger partial charge in [0, 0.05) is 18.8 Å². The minimum Gasteiger partial charge on any atom is -0.454 e. The van der Waals surface area contributed by atoms with Gasteiger partial charge in [-0.05, 0) is 57.1 Å². The third kappa shape index (κ3) is 3.83. The van der Waals surface area contributed by atoms with Gasteiger partial charge in [0.25, 0.3) is 5.91 Å². The number of nitrogens with zero attached hydrogens (tertiary/aromatic N) is 3. The fourth-order valence-corrected chi connectivity index (χ4v) is 4.06. The van der Waals surface area contributed by atoms with Gasteiger partial charge in [-0.3, -0.25) is 14.5 Å². The maximum absolute atomic E-state index is 12.8. The van der Waals surface area contributed by atoms with Crippen LogP contribution in [0.4, 0.5) is 5.69 Å². The maximum Gasteiger partial charge on any atom is 0.290 e. The molecular formula is C22H27N3O3. The minimum absolute atomic E-state index is 0.0701. The van der Waals surface area contributed by atoms with Gasteiger partial charge in [-0.25, -0.2) is 0 Å². The molecule has 6 nitrogen and oxygen atoms in total. The molecule has 148 valence electrons. The summed E-state index contributed by atoms with van der Waals surface area (Å²) in [6.07, 6.45) is 3.71. The molecule has 2 amide bonds. The highest BCUT2D eigenvalue weighted by atomic mass is 16.4. The first-order valence-electron chi connectivity index (χ1n) is 10.1. The number of furan rings is 1.